The van der Waals surface area contributed by atoms with Gasteiger partial charge in [0, 0.05) is 12.7 Å². The summed E-state index contributed by atoms with van der Waals surface area (Å²) < 4.78 is 22.5. The molecule has 0 radical (unpaired) electrons. The van der Waals surface area contributed by atoms with Crippen LogP contribution < -0.4 is 5.32 Å². The van der Waals surface area contributed by atoms with Crippen LogP contribution in [0.2, 0.25) is 0 Å². The van der Waals surface area contributed by atoms with E-state index in [0.29, 0.717) is 6.54 Å². The number of aliphatic imine (C=N–C) groups is 1. The smallest absolute Gasteiger partial charge is 0.247 e. The molecule has 1 heterocycles. The van der Waals surface area contributed by atoms with Gasteiger partial charge < -0.3 is 5.32 Å². The molecule has 0 bridgehead atoms. The van der Waals surface area contributed by atoms with Crippen LogP contribution in [0, 0.1) is 0 Å². The molecule has 4 nitrogen and oxygen atoms in total. The minimum atomic E-state index is -3.31. The van der Waals surface area contributed by atoms with E-state index in [2.05, 4.69) is 26.2 Å². The number of rotatable bonds is 1. The summed E-state index contributed by atoms with van der Waals surface area (Å²) in [5, 5.41) is 2.57. The normalized spacial score (nSPS) is 24.9. The summed E-state index contributed by atoms with van der Waals surface area (Å²) in [6.45, 7) is 2.23. The molecule has 0 amide bonds. The summed E-state index contributed by atoms with van der Waals surface area (Å²) in [6.07, 6.45) is 1.36. The molecule has 6 heteroatoms. The summed E-state index contributed by atoms with van der Waals surface area (Å²) in [5.41, 5.74) is 0. The maximum absolute atomic E-state index is 11.2. The van der Waals surface area contributed by atoms with E-state index in [1.807, 2.05) is 0 Å². The van der Waals surface area contributed by atoms with Crippen LogP contribution in [0.4, 0.5) is 0 Å². The maximum Gasteiger partial charge on any atom is 0.247 e. The first-order valence-corrected chi connectivity index (χ1v) is 5.28. The van der Waals surface area contributed by atoms with Crippen molar-refractivity contribution >= 4 is 30.9 Å². The number of sulfone groups is 1. The fourth-order valence-corrected chi connectivity index (χ4v) is 2.13. The molecule has 0 aromatic heterocycles. The molecule has 1 aliphatic rings. The Balaban J connectivity index is 3.07. The lowest BCUT2D eigenvalue weighted by Gasteiger charge is -1.95. The van der Waals surface area contributed by atoms with Gasteiger partial charge in [-0.2, -0.15) is 0 Å². The van der Waals surface area contributed by atoms with Crippen molar-refractivity contribution in [1.82, 2.24) is 5.32 Å². The summed E-state index contributed by atoms with van der Waals surface area (Å²) in [5.74, 6) is 0. The zero-order chi connectivity index (χ0) is 8.48. The second kappa shape index (κ2) is 2.94. The molecule has 0 saturated heterocycles. The third-order valence-corrected chi connectivity index (χ3v) is 4.02. The standard InChI is InChI=1S/C5H7BrN2O2S/c1-2-7-5-8-3-4(6)11(5,9)10/h3H,2H2,1H3,(H,7,8). The van der Waals surface area contributed by atoms with Crippen LogP contribution in [0.15, 0.2) is 15.0 Å². The number of hydrogen-bond acceptors (Lipinski definition) is 3. The number of nitrogens with zero attached hydrogens (tertiary/aromatic N) is 1. The molecule has 0 aliphatic carbocycles. The van der Waals surface area contributed by atoms with Crippen molar-refractivity contribution in [2.75, 3.05) is 6.54 Å². The van der Waals surface area contributed by atoms with E-state index in [1.165, 1.54) is 6.20 Å². The van der Waals surface area contributed by atoms with Gasteiger partial charge in [-0.05, 0) is 22.9 Å². The first-order valence-electron chi connectivity index (χ1n) is 3.00. The monoisotopic (exact) mass is 238 g/mol. The van der Waals surface area contributed by atoms with Crippen molar-refractivity contribution in [3.05, 3.63) is 10.0 Å². The van der Waals surface area contributed by atoms with Crippen LogP contribution >= 0.6 is 15.9 Å². The Bertz CT molecular complexity index is 317. The largest absolute Gasteiger partial charge is 0.335 e. The van der Waals surface area contributed by atoms with Crippen LogP contribution in [0.25, 0.3) is 0 Å². The highest BCUT2D eigenvalue weighted by Crippen LogP contribution is 2.19. The van der Waals surface area contributed by atoms with E-state index < -0.39 is 9.84 Å². The second-order valence-corrected chi connectivity index (χ2v) is 5.09. The highest BCUT2D eigenvalue weighted by atomic mass is 79.9. The SMILES string of the molecule is CCN=C1NC=C(Br)S1(=O)=O. The zero-order valence-corrected chi connectivity index (χ0v) is 8.24. The predicted molar refractivity (Wildman–Crippen MR) is 47.0 cm³/mol. The third kappa shape index (κ3) is 1.46. The summed E-state index contributed by atoms with van der Waals surface area (Å²) in [4.78, 5) is 3.76. The summed E-state index contributed by atoms with van der Waals surface area (Å²) in [6, 6.07) is 0. The average molecular weight is 239 g/mol. The van der Waals surface area contributed by atoms with Crippen molar-refractivity contribution in [2.45, 2.75) is 6.92 Å². The number of nitrogens with one attached hydrogen (secondary N) is 1. The van der Waals surface area contributed by atoms with E-state index >= 15 is 0 Å². The van der Waals surface area contributed by atoms with Crippen molar-refractivity contribution in [3.63, 3.8) is 0 Å². The summed E-state index contributed by atoms with van der Waals surface area (Å²) in [7, 11) is -3.31. The minimum absolute atomic E-state index is 0.0203. The molecule has 0 aromatic rings. The fourth-order valence-electron chi connectivity index (χ4n) is 0.640. The Hall–Kier alpha value is -0.360. The molecule has 0 fully saturated rings. The van der Waals surface area contributed by atoms with Gasteiger partial charge in [0.05, 0.1) is 0 Å². The fraction of sp³-hybridized carbons (Fsp3) is 0.400. The molecule has 0 spiro atoms. The zero-order valence-electron chi connectivity index (χ0n) is 5.83. The van der Waals surface area contributed by atoms with Crippen LogP contribution in [-0.2, 0) is 9.84 Å². The molecular weight excluding hydrogens is 232 g/mol. The van der Waals surface area contributed by atoms with Gasteiger partial charge in [0.2, 0.25) is 15.0 Å². The molecule has 11 heavy (non-hydrogen) atoms. The molecule has 0 atom stereocenters. The van der Waals surface area contributed by atoms with E-state index in [4.69, 9.17) is 0 Å². The Morgan fingerprint density at radius 3 is 2.73 bits per heavy atom. The molecule has 1 aliphatic heterocycles. The van der Waals surface area contributed by atoms with Crippen molar-refractivity contribution in [2.24, 2.45) is 4.99 Å². The molecular formula is C5H7BrN2O2S. The number of halogens is 1. The Labute approximate surface area is 73.4 Å². The van der Waals surface area contributed by atoms with Gasteiger partial charge in [-0.15, -0.1) is 0 Å². The van der Waals surface area contributed by atoms with E-state index in [1.54, 1.807) is 6.92 Å². The van der Waals surface area contributed by atoms with Gasteiger partial charge in [0.15, 0.2) is 0 Å². The molecule has 1 rings (SSSR count). The van der Waals surface area contributed by atoms with Crippen molar-refractivity contribution < 1.29 is 8.42 Å². The average Bonchev–Trinajstić information content (AvgIpc) is 2.16. The van der Waals surface area contributed by atoms with Crippen LogP contribution in [0.3, 0.4) is 0 Å². The first-order chi connectivity index (χ1) is 5.09. The molecule has 0 unspecified atom stereocenters. The van der Waals surface area contributed by atoms with E-state index in [9.17, 15) is 8.42 Å². The third-order valence-electron chi connectivity index (χ3n) is 1.12. The number of hydrogen-bond donors (Lipinski definition) is 1. The lowest BCUT2D eigenvalue weighted by atomic mass is 10.8. The minimum Gasteiger partial charge on any atom is -0.335 e. The predicted octanol–water partition coefficient (Wildman–Crippen LogP) is 0.574. The molecule has 62 valence electrons. The van der Waals surface area contributed by atoms with E-state index in [-0.39, 0.29) is 8.98 Å². The second-order valence-electron chi connectivity index (χ2n) is 1.88. The number of amidine groups is 1. The molecule has 1 N–H and O–H groups in total. The van der Waals surface area contributed by atoms with Crippen LogP contribution in [-0.4, -0.2) is 20.1 Å². The Morgan fingerprint density at radius 2 is 2.36 bits per heavy atom. The van der Waals surface area contributed by atoms with Gasteiger partial charge in [0.1, 0.15) is 3.81 Å². The summed E-state index contributed by atoms with van der Waals surface area (Å²) >= 11 is 2.90. The van der Waals surface area contributed by atoms with Gasteiger partial charge >= 0.3 is 0 Å². The van der Waals surface area contributed by atoms with Gasteiger partial charge in [0.25, 0.3) is 0 Å². The van der Waals surface area contributed by atoms with Gasteiger partial charge in [-0.25, -0.2) is 8.42 Å². The van der Waals surface area contributed by atoms with Gasteiger partial charge in [-0.1, -0.05) is 0 Å². The Morgan fingerprint density at radius 1 is 1.73 bits per heavy atom. The van der Waals surface area contributed by atoms with Crippen molar-refractivity contribution in [3.8, 4) is 0 Å². The lowest BCUT2D eigenvalue weighted by Crippen LogP contribution is -2.20. The van der Waals surface area contributed by atoms with Crippen LogP contribution in [0.5, 0.6) is 0 Å². The highest BCUT2D eigenvalue weighted by molar-refractivity contribution is 9.14. The quantitative estimate of drug-likeness (QED) is 0.727. The highest BCUT2D eigenvalue weighted by Gasteiger charge is 2.28. The van der Waals surface area contributed by atoms with Crippen molar-refractivity contribution in [1.29, 1.82) is 0 Å². The van der Waals surface area contributed by atoms with Gasteiger partial charge in [-0.3, -0.25) is 4.99 Å². The molecule has 0 saturated carbocycles. The first kappa shape index (κ1) is 8.73. The van der Waals surface area contributed by atoms with Crippen LogP contribution in [0.1, 0.15) is 6.92 Å². The van der Waals surface area contributed by atoms with E-state index in [0.717, 1.165) is 0 Å². The molecule has 0 aromatic carbocycles. The topological polar surface area (TPSA) is 58.5 Å². The maximum atomic E-state index is 11.2. The lowest BCUT2D eigenvalue weighted by molar-refractivity contribution is 0.614. The Kier molecular flexibility index (Phi) is 2.34.